The first-order valence-electron chi connectivity index (χ1n) is 7.02. The van der Waals surface area contributed by atoms with Crippen LogP contribution in [-0.2, 0) is 4.79 Å². The third-order valence-corrected chi connectivity index (χ3v) is 4.26. The maximum absolute atomic E-state index is 12.0. The van der Waals surface area contributed by atoms with Gasteiger partial charge in [0.15, 0.2) is 0 Å². The standard InChI is InChI=1S/C15H21BrN2O2/c1-18(12-8-9-17-11-12)15(19)7-4-10-20-14-6-3-2-5-13(14)16/h2-3,5-6,12,17H,4,7-11H2,1H3. The van der Waals surface area contributed by atoms with Crippen LogP contribution < -0.4 is 10.1 Å². The molecule has 5 heteroatoms. The van der Waals surface area contributed by atoms with E-state index in [1.54, 1.807) is 0 Å². The molecule has 1 aliphatic rings. The van der Waals surface area contributed by atoms with E-state index in [0.29, 0.717) is 19.1 Å². The Balaban J connectivity index is 1.68. The molecule has 0 aromatic heterocycles. The lowest BCUT2D eigenvalue weighted by Gasteiger charge is -2.23. The van der Waals surface area contributed by atoms with E-state index in [-0.39, 0.29) is 5.91 Å². The van der Waals surface area contributed by atoms with E-state index in [2.05, 4.69) is 21.2 Å². The predicted molar refractivity (Wildman–Crippen MR) is 82.9 cm³/mol. The Kier molecular flexibility index (Phi) is 5.86. The number of nitrogens with one attached hydrogen (secondary N) is 1. The number of nitrogens with zero attached hydrogens (tertiary/aromatic N) is 1. The Morgan fingerprint density at radius 3 is 3.00 bits per heavy atom. The lowest BCUT2D eigenvalue weighted by molar-refractivity contribution is -0.131. The molecule has 1 unspecified atom stereocenters. The van der Waals surface area contributed by atoms with E-state index >= 15 is 0 Å². The van der Waals surface area contributed by atoms with Crippen LogP contribution >= 0.6 is 15.9 Å². The SMILES string of the molecule is CN(C(=O)CCCOc1ccccc1Br)C1CCNC1. The fourth-order valence-electron chi connectivity index (χ4n) is 2.32. The predicted octanol–water partition coefficient (Wildman–Crippen LogP) is 2.43. The summed E-state index contributed by atoms with van der Waals surface area (Å²) in [7, 11) is 1.90. The number of ether oxygens (including phenoxy) is 1. The van der Waals surface area contributed by atoms with E-state index in [1.807, 2.05) is 36.2 Å². The van der Waals surface area contributed by atoms with E-state index in [1.165, 1.54) is 0 Å². The zero-order valence-electron chi connectivity index (χ0n) is 11.8. The molecular weight excluding hydrogens is 320 g/mol. The van der Waals surface area contributed by atoms with Crippen molar-refractivity contribution in [2.75, 3.05) is 26.7 Å². The van der Waals surface area contributed by atoms with Crippen LogP contribution in [0.2, 0.25) is 0 Å². The number of halogens is 1. The number of hydrogen-bond acceptors (Lipinski definition) is 3. The Bertz CT molecular complexity index is 447. The maximum atomic E-state index is 12.0. The molecule has 0 bridgehead atoms. The van der Waals surface area contributed by atoms with Crippen molar-refractivity contribution >= 4 is 21.8 Å². The summed E-state index contributed by atoms with van der Waals surface area (Å²) >= 11 is 3.44. The van der Waals surface area contributed by atoms with Crippen LogP contribution in [0.25, 0.3) is 0 Å². The molecular formula is C15H21BrN2O2. The molecule has 1 heterocycles. The molecule has 1 N–H and O–H groups in total. The summed E-state index contributed by atoms with van der Waals surface area (Å²) in [5, 5.41) is 3.28. The van der Waals surface area contributed by atoms with Gasteiger partial charge in [0.2, 0.25) is 5.91 Å². The highest BCUT2D eigenvalue weighted by molar-refractivity contribution is 9.10. The summed E-state index contributed by atoms with van der Waals surface area (Å²) in [6.45, 7) is 2.48. The van der Waals surface area contributed by atoms with Crippen LogP contribution in [0.1, 0.15) is 19.3 Å². The van der Waals surface area contributed by atoms with E-state index in [9.17, 15) is 4.79 Å². The van der Waals surface area contributed by atoms with Crippen molar-refractivity contribution in [3.63, 3.8) is 0 Å². The molecule has 1 amide bonds. The van der Waals surface area contributed by atoms with Crippen LogP contribution in [-0.4, -0.2) is 43.6 Å². The van der Waals surface area contributed by atoms with Crippen molar-refractivity contribution in [2.45, 2.75) is 25.3 Å². The molecule has 1 aromatic carbocycles. The molecule has 1 aromatic rings. The summed E-state index contributed by atoms with van der Waals surface area (Å²) in [6.07, 6.45) is 2.33. The number of amides is 1. The molecule has 20 heavy (non-hydrogen) atoms. The van der Waals surface area contributed by atoms with Gasteiger partial charge >= 0.3 is 0 Å². The minimum atomic E-state index is 0.203. The maximum Gasteiger partial charge on any atom is 0.222 e. The number of para-hydroxylation sites is 1. The Morgan fingerprint density at radius 2 is 2.30 bits per heavy atom. The van der Waals surface area contributed by atoms with Crippen molar-refractivity contribution in [2.24, 2.45) is 0 Å². The van der Waals surface area contributed by atoms with Gasteiger partial charge in [0.25, 0.3) is 0 Å². The highest BCUT2D eigenvalue weighted by atomic mass is 79.9. The summed E-state index contributed by atoms with van der Waals surface area (Å²) in [6, 6.07) is 8.10. The zero-order chi connectivity index (χ0) is 14.4. The lowest BCUT2D eigenvalue weighted by Crippen LogP contribution is -2.38. The van der Waals surface area contributed by atoms with Crippen LogP contribution in [0.5, 0.6) is 5.75 Å². The van der Waals surface area contributed by atoms with Crippen molar-refractivity contribution in [3.05, 3.63) is 28.7 Å². The first-order chi connectivity index (χ1) is 9.68. The number of carbonyl (C=O) groups is 1. The molecule has 1 atom stereocenters. The quantitative estimate of drug-likeness (QED) is 0.808. The highest BCUT2D eigenvalue weighted by Crippen LogP contribution is 2.23. The molecule has 0 radical (unpaired) electrons. The van der Waals surface area contributed by atoms with Gasteiger partial charge in [0.05, 0.1) is 11.1 Å². The second-order valence-electron chi connectivity index (χ2n) is 5.03. The van der Waals surface area contributed by atoms with Gasteiger partial charge in [-0.2, -0.15) is 0 Å². The van der Waals surface area contributed by atoms with E-state index in [0.717, 1.165) is 36.2 Å². The van der Waals surface area contributed by atoms with Gasteiger partial charge in [-0.3, -0.25) is 4.79 Å². The molecule has 4 nitrogen and oxygen atoms in total. The minimum Gasteiger partial charge on any atom is -0.492 e. The third kappa shape index (κ3) is 4.21. The Hall–Kier alpha value is -1.07. The van der Waals surface area contributed by atoms with Crippen molar-refractivity contribution in [1.29, 1.82) is 0 Å². The smallest absolute Gasteiger partial charge is 0.222 e. The molecule has 0 aliphatic carbocycles. The lowest BCUT2D eigenvalue weighted by atomic mass is 10.2. The molecule has 1 saturated heterocycles. The second kappa shape index (κ2) is 7.64. The first-order valence-corrected chi connectivity index (χ1v) is 7.81. The number of rotatable bonds is 6. The van der Waals surface area contributed by atoms with E-state index < -0.39 is 0 Å². The monoisotopic (exact) mass is 340 g/mol. The fourth-order valence-corrected chi connectivity index (χ4v) is 2.72. The molecule has 110 valence electrons. The van der Waals surface area contributed by atoms with Gasteiger partial charge in [0.1, 0.15) is 5.75 Å². The number of benzene rings is 1. The van der Waals surface area contributed by atoms with Crippen LogP contribution in [0.15, 0.2) is 28.7 Å². The zero-order valence-corrected chi connectivity index (χ0v) is 13.4. The highest BCUT2D eigenvalue weighted by Gasteiger charge is 2.22. The Labute approximate surface area is 128 Å². The average Bonchev–Trinajstić information content (AvgIpc) is 2.98. The molecule has 1 aliphatic heterocycles. The van der Waals surface area contributed by atoms with Crippen LogP contribution in [0.4, 0.5) is 0 Å². The summed E-state index contributed by atoms with van der Waals surface area (Å²) in [5.74, 6) is 1.03. The topological polar surface area (TPSA) is 41.6 Å². The average molecular weight is 341 g/mol. The molecule has 0 spiro atoms. The summed E-state index contributed by atoms with van der Waals surface area (Å²) < 4.78 is 6.61. The molecule has 1 fully saturated rings. The third-order valence-electron chi connectivity index (χ3n) is 3.60. The van der Waals surface area contributed by atoms with Crippen LogP contribution in [0.3, 0.4) is 0 Å². The van der Waals surface area contributed by atoms with Gasteiger partial charge in [-0.1, -0.05) is 12.1 Å². The van der Waals surface area contributed by atoms with Gasteiger partial charge in [-0.05, 0) is 47.4 Å². The van der Waals surface area contributed by atoms with E-state index in [4.69, 9.17) is 4.74 Å². The normalized spacial score (nSPS) is 18.0. The van der Waals surface area contributed by atoms with Crippen molar-refractivity contribution < 1.29 is 9.53 Å². The number of carbonyl (C=O) groups excluding carboxylic acids is 1. The summed E-state index contributed by atoms with van der Waals surface area (Å²) in [5.41, 5.74) is 0. The minimum absolute atomic E-state index is 0.203. The Morgan fingerprint density at radius 1 is 1.50 bits per heavy atom. The largest absolute Gasteiger partial charge is 0.492 e. The fraction of sp³-hybridized carbons (Fsp3) is 0.533. The number of likely N-dealkylation sites (N-methyl/N-ethyl adjacent to an activating group) is 1. The molecule has 0 saturated carbocycles. The molecule has 2 rings (SSSR count). The summed E-state index contributed by atoms with van der Waals surface area (Å²) in [4.78, 5) is 13.9. The first kappa shape index (κ1) is 15.3. The van der Waals surface area contributed by atoms with Crippen LogP contribution in [0, 0.1) is 0 Å². The number of hydrogen-bond donors (Lipinski definition) is 1. The van der Waals surface area contributed by atoms with Gasteiger partial charge in [-0.25, -0.2) is 0 Å². The second-order valence-corrected chi connectivity index (χ2v) is 5.89. The van der Waals surface area contributed by atoms with Gasteiger partial charge in [-0.15, -0.1) is 0 Å². The van der Waals surface area contributed by atoms with Crippen molar-refractivity contribution in [3.8, 4) is 5.75 Å². The van der Waals surface area contributed by atoms with Gasteiger partial charge in [0, 0.05) is 26.1 Å². The van der Waals surface area contributed by atoms with Gasteiger partial charge < -0.3 is 15.0 Å². The van der Waals surface area contributed by atoms with Crippen molar-refractivity contribution in [1.82, 2.24) is 10.2 Å².